The number of carboxylic acid groups (broad SMARTS) is 1. The maximum Gasteiger partial charge on any atom is 0.323 e. The summed E-state index contributed by atoms with van der Waals surface area (Å²) in [5.74, 6) is -0.731. The molecule has 0 saturated heterocycles. The summed E-state index contributed by atoms with van der Waals surface area (Å²) < 4.78 is 0. The van der Waals surface area contributed by atoms with Gasteiger partial charge in [0.05, 0.1) is 6.04 Å². The largest absolute Gasteiger partial charge is 0.508 e. The summed E-state index contributed by atoms with van der Waals surface area (Å²) in [5, 5.41) is 19.1. The van der Waals surface area contributed by atoms with Crippen LogP contribution in [0.5, 0.6) is 5.75 Å². The van der Waals surface area contributed by atoms with Gasteiger partial charge in [0.1, 0.15) is 12.3 Å². The fourth-order valence-electron chi connectivity index (χ4n) is 2.34. The lowest BCUT2D eigenvalue weighted by atomic mass is 10.0. The molecule has 0 bridgehead atoms. The highest BCUT2D eigenvalue weighted by Gasteiger charge is 2.21. The molecule has 110 valence electrons. The molecule has 4 nitrogen and oxygen atoms in total. The summed E-state index contributed by atoms with van der Waals surface area (Å²) >= 11 is 0. The van der Waals surface area contributed by atoms with Crippen LogP contribution in [0.3, 0.4) is 0 Å². The van der Waals surface area contributed by atoms with E-state index in [9.17, 15) is 9.90 Å². The molecule has 4 heteroatoms. The minimum Gasteiger partial charge on any atom is -0.508 e. The molecule has 21 heavy (non-hydrogen) atoms. The molecule has 1 atom stereocenters. The van der Waals surface area contributed by atoms with Crippen LogP contribution in [0.4, 0.5) is 5.69 Å². The Morgan fingerprint density at radius 2 is 1.76 bits per heavy atom. The van der Waals surface area contributed by atoms with Gasteiger partial charge >= 0.3 is 5.97 Å². The molecule has 0 fully saturated rings. The molecule has 0 spiro atoms. The SMILES string of the molecule is Cc1ccc(N(CC(=O)O)C(C)c2ccccc2O)cc1. The Balaban J connectivity index is 2.38. The Hall–Kier alpha value is -2.49. The van der Waals surface area contributed by atoms with Gasteiger partial charge in [-0.05, 0) is 32.0 Å². The zero-order valence-electron chi connectivity index (χ0n) is 12.2. The van der Waals surface area contributed by atoms with Gasteiger partial charge in [-0.2, -0.15) is 0 Å². The van der Waals surface area contributed by atoms with Crippen molar-refractivity contribution in [3.8, 4) is 5.75 Å². The van der Waals surface area contributed by atoms with E-state index in [2.05, 4.69) is 0 Å². The maximum atomic E-state index is 11.2. The highest BCUT2D eigenvalue weighted by molar-refractivity contribution is 5.74. The molecule has 2 rings (SSSR count). The molecule has 0 heterocycles. The van der Waals surface area contributed by atoms with Crippen molar-refractivity contribution in [1.29, 1.82) is 0 Å². The first kappa shape index (κ1) is 14.9. The van der Waals surface area contributed by atoms with Crippen molar-refractivity contribution in [3.05, 3.63) is 59.7 Å². The Kier molecular flexibility index (Phi) is 4.48. The molecule has 0 radical (unpaired) electrons. The number of para-hydroxylation sites is 1. The van der Waals surface area contributed by atoms with E-state index >= 15 is 0 Å². The number of hydrogen-bond acceptors (Lipinski definition) is 3. The number of anilines is 1. The van der Waals surface area contributed by atoms with Crippen LogP contribution in [0, 0.1) is 6.92 Å². The van der Waals surface area contributed by atoms with Gasteiger partial charge in [-0.15, -0.1) is 0 Å². The van der Waals surface area contributed by atoms with Crippen molar-refractivity contribution < 1.29 is 15.0 Å². The van der Waals surface area contributed by atoms with E-state index in [4.69, 9.17) is 5.11 Å². The van der Waals surface area contributed by atoms with Crippen LogP contribution < -0.4 is 4.90 Å². The van der Waals surface area contributed by atoms with E-state index in [0.29, 0.717) is 5.56 Å². The molecule has 2 aromatic carbocycles. The first-order valence-electron chi connectivity index (χ1n) is 6.82. The zero-order chi connectivity index (χ0) is 15.4. The molecule has 0 aromatic heterocycles. The molecule has 2 aromatic rings. The quantitative estimate of drug-likeness (QED) is 0.884. The third-order valence-electron chi connectivity index (χ3n) is 3.53. The molecular weight excluding hydrogens is 266 g/mol. The molecule has 0 amide bonds. The van der Waals surface area contributed by atoms with Gasteiger partial charge in [0, 0.05) is 11.3 Å². The second-order valence-electron chi connectivity index (χ2n) is 5.09. The van der Waals surface area contributed by atoms with E-state index in [0.717, 1.165) is 11.3 Å². The Bertz CT molecular complexity index is 622. The minimum absolute atomic E-state index is 0.126. The highest BCUT2D eigenvalue weighted by atomic mass is 16.4. The number of phenols is 1. The lowest BCUT2D eigenvalue weighted by Gasteiger charge is -2.30. The number of aliphatic carboxylic acids is 1. The van der Waals surface area contributed by atoms with Crippen molar-refractivity contribution >= 4 is 11.7 Å². The first-order chi connectivity index (χ1) is 9.99. The summed E-state index contributed by atoms with van der Waals surface area (Å²) in [4.78, 5) is 12.9. The average Bonchev–Trinajstić information content (AvgIpc) is 2.45. The van der Waals surface area contributed by atoms with Gasteiger partial charge in [-0.25, -0.2) is 0 Å². The summed E-state index contributed by atoms with van der Waals surface area (Å²) in [5.41, 5.74) is 2.64. The zero-order valence-corrected chi connectivity index (χ0v) is 12.2. The molecule has 0 aliphatic heterocycles. The summed E-state index contributed by atoms with van der Waals surface area (Å²) in [6, 6.07) is 14.4. The fraction of sp³-hybridized carbons (Fsp3) is 0.235. The van der Waals surface area contributed by atoms with Crippen LogP contribution in [-0.2, 0) is 4.79 Å². The molecular formula is C17H19NO3. The predicted octanol–water partition coefficient (Wildman–Crippen LogP) is 3.35. The Labute approximate surface area is 124 Å². The van der Waals surface area contributed by atoms with Crippen LogP contribution in [-0.4, -0.2) is 22.7 Å². The van der Waals surface area contributed by atoms with E-state index in [1.165, 1.54) is 0 Å². The smallest absolute Gasteiger partial charge is 0.323 e. The Morgan fingerprint density at radius 3 is 2.33 bits per heavy atom. The minimum atomic E-state index is -0.905. The lowest BCUT2D eigenvalue weighted by molar-refractivity contribution is -0.135. The van der Waals surface area contributed by atoms with Crippen molar-refractivity contribution in [2.75, 3.05) is 11.4 Å². The number of nitrogens with zero attached hydrogens (tertiary/aromatic N) is 1. The van der Waals surface area contributed by atoms with Gasteiger partial charge in [0.15, 0.2) is 0 Å². The molecule has 0 saturated carbocycles. The topological polar surface area (TPSA) is 60.8 Å². The second kappa shape index (κ2) is 6.31. The second-order valence-corrected chi connectivity index (χ2v) is 5.09. The van der Waals surface area contributed by atoms with Crippen molar-refractivity contribution in [3.63, 3.8) is 0 Å². The lowest BCUT2D eigenvalue weighted by Crippen LogP contribution is -2.32. The number of hydrogen-bond donors (Lipinski definition) is 2. The summed E-state index contributed by atoms with van der Waals surface area (Å²) in [6.07, 6.45) is 0. The number of benzene rings is 2. The molecule has 0 aliphatic rings. The normalized spacial score (nSPS) is 11.9. The molecule has 1 unspecified atom stereocenters. The summed E-state index contributed by atoms with van der Waals surface area (Å²) in [7, 11) is 0. The number of aryl methyl sites for hydroxylation is 1. The van der Waals surface area contributed by atoms with E-state index < -0.39 is 5.97 Å². The van der Waals surface area contributed by atoms with Crippen molar-refractivity contribution in [1.82, 2.24) is 0 Å². The van der Waals surface area contributed by atoms with Gasteiger partial charge in [-0.3, -0.25) is 4.79 Å². The predicted molar refractivity (Wildman–Crippen MR) is 82.7 cm³/mol. The van der Waals surface area contributed by atoms with Gasteiger partial charge < -0.3 is 15.1 Å². The van der Waals surface area contributed by atoms with E-state index in [-0.39, 0.29) is 18.3 Å². The number of carbonyl (C=O) groups is 1. The number of aromatic hydroxyl groups is 1. The molecule has 0 aliphatic carbocycles. The van der Waals surface area contributed by atoms with Gasteiger partial charge in [0.2, 0.25) is 0 Å². The molecule has 2 N–H and O–H groups in total. The third kappa shape index (κ3) is 3.54. The van der Waals surface area contributed by atoms with Crippen LogP contribution in [0.1, 0.15) is 24.1 Å². The van der Waals surface area contributed by atoms with Gasteiger partial charge in [-0.1, -0.05) is 35.9 Å². The third-order valence-corrected chi connectivity index (χ3v) is 3.53. The van der Waals surface area contributed by atoms with Crippen molar-refractivity contribution in [2.24, 2.45) is 0 Å². The monoisotopic (exact) mass is 285 g/mol. The van der Waals surface area contributed by atoms with Crippen molar-refractivity contribution in [2.45, 2.75) is 19.9 Å². The maximum absolute atomic E-state index is 11.2. The highest BCUT2D eigenvalue weighted by Crippen LogP contribution is 2.31. The van der Waals surface area contributed by atoms with E-state index in [1.807, 2.05) is 50.2 Å². The summed E-state index contributed by atoms with van der Waals surface area (Å²) in [6.45, 7) is 3.74. The van der Waals surface area contributed by atoms with Crippen LogP contribution >= 0.6 is 0 Å². The first-order valence-corrected chi connectivity index (χ1v) is 6.82. The number of phenolic OH excluding ortho intramolecular Hbond substituents is 1. The standard InChI is InChI=1S/C17H19NO3/c1-12-7-9-14(10-8-12)18(11-17(20)21)13(2)15-5-3-4-6-16(15)19/h3-10,13,19H,11H2,1-2H3,(H,20,21). The fourth-order valence-corrected chi connectivity index (χ4v) is 2.34. The van der Waals surface area contributed by atoms with Crippen LogP contribution in [0.25, 0.3) is 0 Å². The average molecular weight is 285 g/mol. The number of rotatable bonds is 5. The Morgan fingerprint density at radius 1 is 1.14 bits per heavy atom. The van der Waals surface area contributed by atoms with E-state index in [1.54, 1.807) is 17.0 Å². The van der Waals surface area contributed by atoms with Crippen LogP contribution in [0.2, 0.25) is 0 Å². The van der Waals surface area contributed by atoms with Gasteiger partial charge in [0.25, 0.3) is 0 Å². The van der Waals surface area contributed by atoms with Crippen LogP contribution in [0.15, 0.2) is 48.5 Å². The number of carboxylic acids is 1.